The quantitative estimate of drug-likeness (QED) is 0.492. The number of rotatable bonds is 7. The van der Waals surface area contributed by atoms with Crippen molar-refractivity contribution in [3.05, 3.63) is 29.8 Å². The van der Waals surface area contributed by atoms with Crippen LogP contribution >= 0.6 is 0 Å². The highest BCUT2D eigenvalue weighted by Gasteiger charge is 2.59. The van der Waals surface area contributed by atoms with Gasteiger partial charge in [-0.05, 0) is 38.4 Å². The molecule has 1 aromatic carbocycles. The minimum Gasteiger partial charge on any atom is -1.00 e. The summed E-state index contributed by atoms with van der Waals surface area (Å²) in [5.41, 5.74) is -0.0166. The summed E-state index contributed by atoms with van der Waals surface area (Å²) in [6, 6.07) is 3.67. The van der Waals surface area contributed by atoms with E-state index in [9.17, 15) is 31.1 Å². The van der Waals surface area contributed by atoms with Crippen molar-refractivity contribution in [2.45, 2.75) is 18.5 Å². The fourth-order valence-electron chi connectivity index (χ4n) is 1.46. The van der Waals surface area contributed by atoms with E-state index in [4.69, 9.17) is 4.74 Å². The molecule has 0 bridgehead atoms. The van der Waals surface area contributed by atoms with Gasteiger partial charge in [-0.1, -0.05) is 0 Å². The summed E-state index contributed by atoms with van der Waals surface area (Å²) in [4.78, 5) is 13.4. The molecule has 0 aliphatic carbocycles. The molecule has 0 N–H and O–H groups in total. The molecule has 0 heterocycles. The maximum Gasteiger partial charge on any atom is 0.439 e. The molecule has 11 heteroatoms. The van der Waals surface area contributed by atoms with Gasteiger partial charge in [-0.3, -0.25) is 0 Å². The standard InChI is InChI=1S/C14H15F6NO3.ClH/c1-21(2)7-8-23-11(22)9-3-5-10(6-4-9)24-14(19,20)12(15)13(16,17)18;/h3-6,12H,7-8H2,1-2H3;1H/p-1. The molecule has 0 fully saturated rings. The molecule has 0 saturated carbocycles. The molecule has 0 aliphatic heterocycles. The number of carbonyl (C=O) groups is 1. The lowest BCUT2D eigenvalue weighted by molar-refractivity contribution is -0.304. The second-order valence-electron chi connectivity index (χ2n) is 5.03. The third kappa shape index (κ3) is 7.39. The van der Waals surface area contributed by atoms with Crippen molar-refractivity contribution in [3.8, 4) is 5.75 Å². The number of alkyl halides is 6. The zero-order valence-corrected chi connectivity index (χ0v) is 13.9. The number of likely N-dealkylation sites (N-methyl/N-ethyl adjacent to an activating group) is 1. The summed E-state index contributed by atoms with van der Waals surface area (Å²) in [5.74, 6) is -1.47. The molecule has 1 aromatic rings. The van der Waals surface area contributed by atoms with Gasteiger partial charge in [0, 0.05) is 6.54 Å². The Bertz CT molecular complexity index is 550. The fraction of sp³-hybridized carbons (Fsp3) is 0.500. The SMILES string of the molecule is CN(C)CCOC(=O)c1ccc(OC(F)(F)C(F)C(F)(F)F)cc1.[Cl-]. The van der Waals surface area contributed by atoms with E-state index in [0.29, 0.717) is 6.54 Å². The van der Waals surface area contributed by atoms with Gasteiger partial charge in [0.25, 0.3) is 6.17 Å². The van der Waals surface area contributed by atoms with Crippen LogP contribution in [0.1, 0.15) is 10.4 Å². The Kier molecular flexibility index (Phi) is 8.52. The lowest BCUT2D eigenvalue weighted by atomic mass is 10.2. The van der Waals surface area contributed by atoms with Crippen LogP contribution in [-0.4, -0.2) is 56.6 Å². The number of halogens is 7. The first-order chi connectivity index (χ1) is 10.9. The molecular weight excluding hydrogens is 380 g/mol. The average molecular weight is 395 g/mol. The lowest BCUT2D eigenvalue weighted by Gasteiger charge is -2.23. The van der Waals surface area contributed by atoms with Gasteiger partial charge in [0.15, 0.2) is 0 Å². The van der Waals surface area contributed by atoms with Crippen molar-refractivity contribution in [2.75, 3.05) is 27.2 Å². The average Bonchev–Trinajstić information content (AvgIpc) is 2.45. The molecular formula is C14H15ClF6NO3-. The number of ether oxygens (including phenoxy) is 2. The Hall–Kier alpha value is -1.68. The van der Waals surface area contributed by atoms with Gasteiger partial charge in [-0.25, -0.2) is 9.18 Å². The van der Waals surface area contributed by atoms with Gasteiger partial charge in [-0.2, -0.15) is 22.0 Å². The topological polar surface area (TPSA) is 38.8 Å². The Morgan fingerprint density at radius 1 is 1.12 bits per heavy atom. The van der Waals surface area contributed by atoms with E-state index in [1.165, 1.54) is 0 Å². The third-order valence-electron chi connectivity index (χ3n) is 2.70. The molecule has 0 aromatic heterocycles. The predicted octanol–water partition coefficient (Wildman–Crippen LogP) is 0.281. The van der Waals surface area contributed by atoms with Crippen LogP contribution in [0, 0.1) is 0 Å². The van der Waals surface area contributed by atoms with Crippen LogP contribution < -0.4 is 17.1 Å². The van der Waals surface area contributed by atoms with Crippen LogP contribution in [0.4, 0.5) is 26.3 Å². The van der Waals surface area contributed by atoms with Crippen LogP contribution in [0.25, 0.3) is 0 Å². The summed E-state index contributed by atoms with van der Waals surface area (Å²) in [5, 5.41) is 0. The van der Waals surface area contributed by atoms with Gasteiger partial charge < -0.3 is 26.8 Å². The van der Waals surface area contributed by atoms with Crippen molar-refractivity contribution in [1.82, 2.24) is 4.90 Å². The van der Waals surface area contributed by atoms with Gasteiger partial charge in [0.05, 0.1) is 5.56 Å². The van der Waals surface area contributed by atoms with Crippen LogP contribution in [0.3, 0.4) is 0 Å². The van der Waals surface area contributed by atoms with Crippen LogP contribution in [0.15, 0.2) is 24.3 Å². The monoisotopic (exact) mass is 394 g/mol. The summed E-state index contributed by atoms with van der Waals surface area (Å²) in [7, 11) is 3.53. The van der Waals surface area contributed by atoms with E-state index in [-0.39, 0.29) is 24.6 Å². The molecule has 1 rings (SSSR count). The van der Waals surface area contributed by atoms with Gasteiger partial charge >= 0.3 is 18.3 Å². The van der Waals surface area contributed by atoms with Gasteiger partial charge in [0.2, 0.25) is 0 Å². The normalized spacial score (nSPS) is 13.2. The van der Waals surface area contributed by atoms with Gasteiger partial charge in [-0.15, -0.1) is 0 Å². The molecule has 25 heavy (non-hydrogen) atoms. The minimum atomic E-state index is -5.76. The minimum absolute atomic E-state index is 0. The number of nitrogens with zero attached hydrogens (tertiary/aromatic N) is 1. The third-order valence-corrected chi connectivity index (χ3v) is 2.70. The van der Waals surface area contributed by atoms with Gasteiger partial charge in [0.1, 0.15) is 12.4 Å². The molecule has 1 unspecified atom stereocenters. The molecule has 0 amide bonds. The smallest absolute Gasteiger partial charge is 0.439 e. The first-order valence-corrected chi connectivity index (χ1v) is 6.63. The summed E-state index contributed by atoms with van der Waals surface area (Å²) < 4.78 is 83.5. The van der Waals surface area contributed by atoms with E-state index in [1.807, 2.05) is 0 Å². The molecule has 1 atom stereocenters. The van der Waals surface area contributed by atoms with Crippen molar-refractivity contribution in [1.29, 1.82) is 0 Å². The number of carbonyl (C=O) groups excluding carboxylic acids is 1. The van der Waals surface area contributed by atoms with Crippen molar-refractivity contribution < 1.29 is 53.0 Å². The summed E-state index contributed by atoms with van der Waals surface area (Å²) in [6.07, 6.45) is -15.3. The summed E-state index contributed by atoms with van der Waals surface area (Å²) in [6.45, 7) is 0.561. The largest absolute Gasteiger partial charge is 1.00 e. The fourth-order valence-corrected chi connectivity index (χ4v) is 1.46. The number of esters is 1. The van der Waals surface area contributed by atoms with E-state index < -0.39 is 30.2 Å². The van der Waals surface area contributed by atoms with E-state index in [1.54, 1.807) is 19.0 Å². The Morgan fingerprint density at radius 3 is 2.08 bits per heavy atom. The first kappa shape index (κ1) is 23.3. The predicted molar refractivity (Wildman–Crippen MR) is 71.8 cm³/mol. The maximum absolute atomic E-state index is 13.1. The van der Waals surface area contributed by atoms with Crippen LogP contribution in [-0.2, 0) is 4.74 Å². The Balaban J connectivity index is 0.00000576. The lowest BCUT2D eigenvalue weighted by Crippen LogP contribution is -3.00. The Labute approximate surface area is 146 Å². The highest BCUT2D eigenvalue weighted by atomic mass is 35.5. The highest BCUT2D eigenvalue weighted by molar-refractivity contribution is 5.89. The van der Waals surface area contributed by atoms with E-state index >= 15 is 0 Å². The molecule has 144 valence electrons. The summed E-state index contributed by atoms with van der Waals surface area (Å²) >= 11 is 0. The van der Waals surface area contributed by atoms with E-state index in [2.05, 4.69) is 4.74 Å². The van der Waals surface area contributed by atoms with Crippen molar-refractivity contribution in [2.24, 2.45) is 0 Å². The Morgan fingerprint density at radius 2 is 1.64 bits per heavy atom. The second kappa shape index (κ2) is 9.14. The molecule has 0 spiro atoms. The van der Waals surface area contributed by atoms with Crippen molar-refractivity contribution in [3.63, 3.8) is 0 Å². The van der Waals surface area contributed by atoms with Crippen LogP contribution in [0.2, 0.25) is 0 Å². The molecule has 4 nitrogen and oxygen atoms in total. The van der Waals surface area contributed by atoms with Crippen molar-refractivity contribution >= 4 is 5.97 Å². The zero-order chi connectivity index (χ0) is 18.5. The molecule has 0 radical (unpaired) electrons. The second-order valence-corrected chi connectivity index (χ2v) is 5.03. The van der Waals surface area contributed by atoms with E-state index in [0.717, 1.165) is 24.3 Å². The number of hydrogen-bond acceptors (Lipinski definition) is 4. The maximum atomic E-state index is 13.1. The molecule has 0 aliphatic rings. The highest BCUT2D eigenvalue weighted by Crippen LogP contribution is 2.36. The number of benzene rings is 1. The number of hydrogen-bond donors (Lipinski definition) is 0. The molecule has 0 saturated heterocycles. The van der Waals surface area contributed by atoms with Crippen LogP contribution in [0.5, 0.6) is 5.75 Å². The zero-order valence-electron chi connectivity index (χ0n) is 13.1. The first-order valence-electron chi connectivity index (χ1n) is 6.63.